The highest BCUT2D eigenvalue weighted by Gasteiger charge is 2.10. The first kappa shape index (κ1) is 15.5. The maximum absolute atomic E-state index is 9.28. The first-order chi connectivity index (χ1) is 10.1. The Morgan fingerprint density at radius 1 is 1.57 bits per heavy atom. The monoisotopic (exact) mass is 396 g/mol. The van der Waals surface area contributed by atoms with Crippen molar-refractivity contribution in [2.24, 2.45) is 5.10 Å². The molecule has 2 aromatic rings. The van der Waals surface area contributed by atoms with E-state index in [1.54, 1.807) is 13.2 Å². The minimum absolute atomic E-state index is 0.348. The molecule has 0 aliphatic carbocycles. The van der Waals surface area contributed by atoms with Gasteiger partial charge in [-0.3, -0.25) is 5.43 Å². The van der Waals surface area contributed by atoms with Crippen molar-refractivity contribution in [3.05, 3.63) is 44.5 Å². The van der Waals surface area contributed by atoms with E-state index in [4.69, 9.17) is 9.15 Å². The number of aryl methyl sites for hydroxylation is 1. The molecule has 1 N–H and O–H groups in total. The second-order valence-corrected chi connectivity index (χ2v) is 5.27. The molecule has 0 aliphatic heterocycles. The zero-order chi connectivity index (χ0) is 15.2. The summed E-state index contributed by atoms with van der Waals surface area (Å²) >= 11 is 2.08. The molecule has 0 radical (unpaired) electrons. The van der Waals surface area contributed by atoms with E-state index < -0.39 is 0 Å². The third kappa shape index (κ3) is 4.03. The molecule has 0 amide bonds. The number of nitrogens with zero attached hydrogens (tertiary/aromatic N) is 3. The maximum atomic E-state index is 9.28. The standard InChI is InChI=1S/C14H13IN4O2/c1-9-5-10(8-20-2)12(6-16)14(18-9)19-17-7-11-3-4-13(15)21-11/h3-5,7H,8H2,1-2H3,(H,18,19)/b17-7-. The Labute approximate surface area is 136 Å². The Hall–Kier alpha value is -1.92. The zero-order valence-electron chi connectivity index (χ0n) is 11.6. The van der Waals surface area contributed by atoms with Gasteiger partial charge in [0.2, 0.25) is 0 Å². The van der Waals surface area contributed by atoms with Gasteiger partial charge in [-0.15, -0.1) is 0 Å². The lowest BCUT2D eigenvalue weighted by Gasteiger charge is -2.08. The molecule has 6 nitrogen and oxygen atoms in total. The van der Waals surface area contributed by atoms with Gasteiger partial charge in [0.15, 0.2) is 9.58 Å². The van der Waals surface area contributed by atoms with Crippen molar-refractivity contribution >= 4 is 34.6 Å². The maximum Gasteiger partial charge on any atom is 0.164 e. The van der Waals surface area contributed by atoms with Crippen LogP contribution in [0.5, 0.6) is 0 Å². The summed E-state index contributed by atoms with van der Waals surface area (Å²) in [6, 6.07) is 7.59. The molecule has 0 unspecified atom stereocenters. The average molecular weight is 396 g/mol. The van der Waals surface area contributed by atoms with E-state index in [9.17, 15) is 5.26 Å². The normalized spacial score (nSPS) is 10.8. The van der Waals surface area contributed by atoms with Crippen LogP contribution in [-0.4, -0.2) is 18.3 Å². The van der Waals surface area contributed by atoms with Gasteiger partial charge in [-0.2, -0.15) is 10.4 Å². The quantitative estimate of drug-likeness (QED) is 0.477. The molecule has 0 fully saturated rings. The van der Waals surface area contributed by atoms with Gasteiger partial charge in [-0.1, -0.05) is 0 Å². The van der Waals surface area contributed by atoms with Crippen LogP contribution >= 0.6 is 22.6 Å². The van der Waals surface area contributed by atoms with Gasteiger partial charge in [-0.25, -0.2) is 4.98 Å². The molecule has 0 aromatic carbocycles. The van der Waals surface area contributed by atoms with Gasteiger partial charge >= 0.3 is 0 Å². The number of hydrogen-bond donors (Lipinski definition) is 1. The third-order valence-corrected chi connectivity index (χ3v) is 3.18. The highest BCUT2D eigenvalue weighted by Crippen LogP contribution is 2.19. The number of rotatable bonds is 5. The van der Waals surface area contributed by atoms with Crippen LogP contribution in [0.4, 0.5) is 5.82 Å². The SMILES string of the molecule is COCc1cc(C)nc(N/N=C\c2ccc(I)o2)c1C#N. The summed E-state index contributed by atoms with van der Waals surface area (Å²) in [7, 11) is 1.58. The Balaban J connectivity index is 2.23. The molecule has 108 valence electrons. The number of nitrogens with one attached hydrogen (secondary N) is 1. The van der Waals surface area contributed by atoms with Crippen LogP contribution in [0.1, 0.15) is 22.6 Å². The number of furan rings is 1. The molecule has 2 heterocycles. The fraction of sp³-hybridized carbons (Fsp3) is 0.214. The molecule has 0 bridgehead atoms. The second kappa shape index (κ2) is 7.19. The molecule has 2 aromatic heterocycles. The number of hydrazone groups is 1. The van der Waals surface area contributed by atoms with Crippen LogP contribution in [-0.2, 0) is 11.3 Å². The van der Waals surface area contributed by atoms with E-state index in [-0.39, 0.29) is 0 Å². The molecule has 0 saturated carbocycles. The van der Waals surface area contributed by atoms with Gasteiger partial charge in [0.25, 0.3) is 0 Å². The summed E-state index contributed by atoms with van der Waals surface area (Å²) in [5.41, 5.74) is 4.76. The minimum atomic E-state index is 0.348. The summed E-state index contributed by atoms with van der Waals surface area (Å²) in [4.78, 5) is 4.29. The van der Waals surface area contributed by atoms with Crippen LogP contribution in [0, 0.1) is 22.0 Å². The van der Waals surface area contributed by atoms with E-state index in [0.29, 0.717) is 23.7 Å². The number of halogens is 1. The number of hydrogen-bond acceptors (Lipinski definition) is 6. The molecule has 2 rings (SSSR count). The first-order valence-corrected chi connectivity index (χ1v) is 7.16. The third-order valence-electron chi connectivity index (χ3n) is 2.60. The van der Waals surface area contributed by atoms with Gasteiger partial charge in [0, 0.05) is 18.4 Å². The minimum Gasteiger partial charge on any atom is -0.449 e. The molecular formula is C14H13IN4O2. The number of ether oxygens (including phenoxy) is 1. The van der Waals surface area contributed by atoms with Gasteiger partial charge in [0.1, 0.15) is 17.4 Å². The Morgan fingerprint density at radius 2 is 2.38 bits per heavy atom. The van der Waals surface area contributed by atoms with Crippen molar-refractivity contribution in [2.75, 3.05) is 12.5 Å². The van der Waals surface area contributed by atoms with Crippen molar-refractivity contribution in [3.63, 3.8) is 0 Å². The highest BCUT2D eigenvalue weighted by molar-refractivity contribution is 14.1. The van der Waals surface area contributed by atoms with Crippen molar-refractivity contribution in [3.8, 4) is 6.07 Å². The average Bonchev–Trinajstić information content (AvgIpc) is 2.85. The summed E-state index contributed by atoms with van der Waals surface area (Å²) in [5.74, 6) is 1.03. The lowest BCUT2D eigenvalue weighted by molar-refractivity contribution is 0.184. The molecule has 0 atom stereocenters. The number of anilines is 1. The summed E-state index contributed by atoms with van der Waals surface area (Å²) in [6.45, 7) is 2.20. The molecular weight excluding hydrogens is 383 g/mol. The van der Waals surface area contributed by atoms with E-state index in [1.165, 1.54) is 6.21 Å². The van der Waals surface area contributed by atoms with E-state index in [2.05, 4.69) is 44.2 Å². The van der Waals surface area contributed by atoms with Gasteiger partial charge in [0.05, 0.1) is 12.8 Å². The van der Waals surface area contributed by atoms with Crippen molar-refractivity contribution in [2.45, 2.75) is 13.5 Å². The molecule has 7 heteroatoms. The van der Waals surface area contributed by atoms with Crippen LogP contribution in [0.2, 0.25) is 0 Å². The lowest BCUT2D eigenvalue weighted by Crippen LogP contribution is -2.03. The molecule has 0 saturated heterocycles. The van der Waals surface area contributed by atoms with Crippen LogP contribution < -0.4 is 5.43 Å². The van der Waals surface area contributed by atoms with Crippen molar-refractivity contribution in [1.82, 2.24) is 4.98 Å². The Morgan fingerprint density at radius 3 is 3.00 bits per heavy atom. The fourth-order valence-corrected chi connectivity index (χ4v) is 2.20. The van der Waals surface area contributed by atoms with Crippen LogP contribution in [0.25, 0.3) is 0 Å². The highest BCUT2D eigenvalue weighted by atomic mass is 127. The smallest absolute Gasteiger partial charge is 0.164 e. The molecule has 0 aliphatic rings. The Bertz CT molecular complexity index is 703. The first-order valence-electron chi connectivity index (χ1n) is 6.08. The molecule has 21 heavy (non-hydrogen) atoms. The summed E-state index contributed by atoms with van der Waals surface area (Å²) in [6.07, 6.45) is 1.53. The largest absolute Gasteiger partial charge is 0.449 e. The van der Waals surface area contributed by atoms with Crippen LogP contribution in [0.3, 0.4) is 0 Å². The van der Waals surface area contributed by atoms with E-state index in [0.717, 1.165) is 15.0 Å². The predicted octanol–water partition coefficient (Wildman–Crippen LogP) is 3.05. The predicted molar refractivity (Wildman–Crippen MR) is 87.0 cm³/mol. The second-order valence-electron chi connectivity index (χ2n) is 4.20. The van der Waals surface area contributed by atoms with Crippen molar-refractivity contribution < 1.29 is 9.15 Å². The lowest BCUT2D eigenvalue weighted by atomic mass is 10.1. The molecule has 0 spiro atoms. The number of methoxy groups -OCH3 is 1. The number of nitriles is 1. The fourth-order valence-electron chi connectivity index (χ4n) is 1.77. The zero-order valence-corrected chi connectivity index (χ0v) is 13.7. The number of aromatic nitrogens is 1. The van der Waals surface area contributed by atoms with E-state index >= 15 is 0 Å². The van der Waals surface area contributed by atoms with E-state index in [1.807, 2.05) is 19.1 Å². The van der Waals surface area contributed by atoms with Gasteiger partial charge in [-0.05, 0) is 47.7 Å². The van der Waals surface area contributed by atoms with Crippen LogP contribution in [0.15, 0.2) is 27.7 Å². The summed E-state index contributed by atoms with van der Waals surface area (Å²) < 4.78 is 11.2. The topological polar surface area (TPSA) is 83.4 Å². The summed E-state index contributed by atoms with van der Waals surface area (Å²) in [5, 5.41) is 13.3. The van der Waals surface area contributed by atoms with Gasteiger partial charge < -0.3 is 9.15 Å². The van der Waals surface area contributed by atoms with Crippen molar-refractivity contribution in [1.29, 1.82) is 5.26 Å². The Kier molecular flexibility index (Phi) is 5.30. The number of pyridine rings is 1.